The molecule has 0 spiro atoms. The molecule has 2 rings (SSSR count). The molecule has 1 fully saturated rings. The van der Waals surface area contributed by atoms with Gasteiger partial charge >= 0.3 is 0 Å². The van der Waals surface area contributed by atoms with E-state index < -0.39 is 5.60 Å². The molecule has 0 N–H and O–H groups in total. The molecule has 2 heteroatoms. The number of ether oxygens (including phenoxy) is 1. The van der Waals surface area contributed by atoms with E-state index in [2.05, 4.69) is 6.58 Å². The molecule has 2 bridgehead atoms. The van der Waals surface area contributed by atoms with Crippen molar-refractivity contribution in [2.24, 2.45) is 5.92 Å². The van der Waals surface area contributed by atoms with Gasteiger partial charge in [0.2, 0.25) is 0 Å². The normalized spacial score (nSPS) is 35.9. The third kappa shape index (κ3) is 1.26. The lowest BCUT2D eigenvalue weighted by molar-refractivity contribution is -0.140. The molecule has 2 aliphatic carbocycles. The number of hydrogen-bond acceptors (Lipinski definition) is 2. The summed E-state index contributed by atoms with van der Waals surface area (Å²) < 4.78 is 5.38. The zero-order valence-corrected chi connectivity index (χ0v) is 8.32. The molecule has 74 valence electrons. The summed E-state index contributed by atoms with van der Waals surface area (Å²) in [6.45, 7) is 3.97. The van der Waals surface area contributed by atoms with E-state index in [4.69, 9.17) is 4.74 Å². The number of fused-ring (bicyclic) bond motifs is 2. The van der Waals surface area contributed by atoms with Crippen LogP contribution in [0.5, 0.6) is 0 Å². The van der Waals surface area contributed by atoms with Crippen LogP contribution in [0.3, 0.4) is 0 Å². The van der Waals surface area contributed by atoms with Crippen LogP contribution < -0.4 is 0 Å². The Kier molecular flexibility index (Phi) is 2.16. The number of ketones is 1. The maximum Gasteiger partial charge on any atom is 0.176 e. The van der Waals surface area contributed by atoms with Gasteiger partial charge in [-0.1, -0.05) is 30.4 Å². The monoisotopic (exact) mass is 190 g/mol. The Balaban J connectivity index is 2.45. The smallest absolute Gasteiger partial charge is 0.176 e. The van der Waals surface area contributed by atoms with Crippen LogP contribution in [-0.4, -0.2) is 18.5 Å². The van der Waals surface area contributed by atoms with Gasteiger partial charge in [0, 0.05) is 19.4 Å². The predicted molar refractivity (Wildman–Crippen MR) is 54.9 cm³/mol. The highest BCUT2D eigenvalue weighted by atomic mass is 16.5. The number of allylic oxidation sites excluding steroid dienone is 3. The van der Waals surface area contributed by atoms with Crippen molar-refractivity contribution in [1.29, 1.82) is 0 Å². The van der Waals surface area contributed by atoms with Crippen molar-refractivity contribution in [3.63, 3.8) is 0 Å². The van der Waals surface area contributed by atoms with E-state index in [1.165, 1.54) is 0 Å². The summed E-state index contributed by atoms with van der Waals surface area (Å²) in [6, 6.07) is 0. The number of methoxy groups -OCH3 is 1. The maximum absolute atomic E-state index is 12.1. The second-order valence-electron chi connectivity index (χ2n) is 3.94. The molecule has 0 unspecified atom stereocenters. The molecule has 2 nitrogen and oxygen atoms in total. The van der Waals surface area contributed by atoms with Crippen LogP contribution in [0.15, 0.2) is 36.5 Å². The van der Waals surface area contributed by atoms with Crippen LogP contribution in [-0.2, 0) is 9.53 Å². The molecule has 0 aromatic heterocycles. The fraction of sp³-hybridized carbons (Fsp3) is 0.417. The molecular weight excluding hydrogens is 176 g/mol. The highest BCUT2D eigenvalue weighted by Gasteiger charge is 2.44. The molecule has 0 aromatic carbocycles. The molecule has 1 saturated carbocycles. The minimum atomic E-state index is -0.747. The molecule has 0 amide bonds. The third-order valence-electron chi connectivity index (χ3n) is 2.96. The third-order valence-corrected chi connectivity index (χ3v) is 2.96. The van der Waals surface area contributed by atoms with Crippen LogP contribution in [0.4, 0.5) is 0 Å². The topological polar surface area (TPSA) is 26.3 Å². The molecule has 0 saturated heterocycles. The minimum absolute atomic E-state index is 0.0498. The average Bonchev–Trinajstić information content (AvgIpc) is 2.28. The number of Topliss-reactive ketones (excluding diaryl/α,β-unsaturated/α-hetero) is 1. The Bertz CT molecular complexity index is 338. The first-order valence-corrected chi connectivity index (χ1v) is 4.80. The predicted octanol–water partition coefficient (Wildman–Crippen LogP) is 2.03. The van der Waals surface area contributed by atoms with Gasteiger partial charge in [-0.3, -0.25) is 4.79 Å². The summed E-state index contributed by atoms with van der Waals surface area (Å²) in [6.07, 6.45) is 8.97. The average molecular weight is 190 g/mol. The Morgan fingerprint density at radius 2 is 2.36 bits per heavy atom. The fourth-order valence-electron chi connectivity index (χ4n) is 2.19. The molecule has 14 heavy (non-hydrogen) atoms. The van der Waals surface area contributed by atoms with E-state index in [0.29, 0.717) is 6.42 Å². The summed E-state index contributed by atoms with van der Waals surface area (Å²) in [5.74, 6) is 0.114. The summed E-state index contributed by atoms with van der Waals surface area (Å²) >= 11 is 0. The Morgan fingerprint density at radius 3 is 3.07 bits per heavy atom. The van der Waals surface area contributed by atoms with Crippen molar-refractivity contribution in [2.45, 2.75) is 18.4 Å². The van der Waals surface area contributed by atoms with Crippen molar-refractivity contribution in [2.75, 3.05) is 7.11 Å². The van der Waals surface area contributed by atoms with Gasteiger partial charge in [-0.05, 0) is 12.5 Å². The van der Waals surface area contributed by atoms with Gasteiger partial charge in [0.25, 0.3) is 0 Å². The first-order valence-electron chi connectivity index (χ1n) is 4.80. The Hall–Kier alpha value is -1.15. The summed E-state index contributed by atoms with van der Waals surface area (Å²) in [4.78, 5) is 12.1. The minimum Gasteiger partial charge on any atom is -0.366 e. The van der Waals surface area contributed by atoms with Gasteiger partial charge in [0.05, 0.1) is 0 Å². The molecule has 0 aliphatic heterocycles. The number of carbonyl (C=O) groups is 1. The summed E-state index contributed by atoms with van der Waals surface area (Å²) in [7, 11) is 1.59. The van der Waals surface area contributed by atoms with Crippen molar-refractivity contribution in [1.82, 2.24) is 0 Å². The lowest BCUT2D eigenvalue weighted by Crippen LogP contribution is -2.45. The zero-order chi connectivity index (χ0) is 10.2. The number of rotatable bonds is 1. The molecule has 0 radical (unpaired) electrons. The first-order chi connectivity index (χ1) is 6.68. The van der Waals surface area contributed by atoms with Crippen LogP contribution >= 0.6 is 0 Å². The molecule has 2 atom stereocenters. The maximum atomic E-state index is 12.1. The first kappa shape index (κ1) is 9.41. The molecule has 0 aromatic rings. The zero-order valence-electron chi connectivity index (χ0n) is 8.32. The van der Waals surface area contributed by atoms with Gasteiger partial charge in [-0.2, -0.15) is 0 Å². The summed E-state index contributed by atoms with van der Waals surface area (Å²) in [5, 5.41) is 0. The largest absolute Gasteiger partial charge is 0.366 e. The summed E-state index contributed by atoms with van der Waals surface area (Å²) in [5.41, 5.74) is 0.344. The lowest BCUT2D eigenvalue weighted by atomic mass is 9.75. The highest BCUT2D eigenvalue weighted by molar-refractivity contribution is 5.95. The second kappa shape index (κ2) is 3.21. The quantitative estimate of drug-likeness (QED) is 0.591. The molecule has 0 heterocycles. The van der Waals surface area contributed by atoms with E-state index in [1.807, 2.05) is 24.3 Å². The van der Waals surface area contributed by atoms with Crippen molar-refractivity contribution >= 4 is 5.78 Å². The van der Waals surface area contributed by atoms with Gasteiger partial charge in [0.1, 0.15) is 5.60 Å². The Morgan fingerprint density at radius 1 is 1.57 bits per heavy atom. The van der Waals surface area contributed by atoms with Crippen LogP contribution in [0.25, 0.3) is 0 Å². The van der Waals surface area contributed by atoms with Crippen molar-refractivity contribution in [3.8, 4) is 0 Å². The SMILES string of the molecule is C=C1C[C@H]2C=CC=C[C@@](OC)(C1)C2=O. The lowest BCUT2D eigenvalue weighted by Gasteiger charge is -2.35. The van der Waals surface area contributed by atoms with E-state index >= 15 is 0 Å². The Labute approximate surface area is 83.9 Å². The van der Waals surface area contributed by atoms with Crippen LogP contribution in [0, 0.1) is 5.92 Å². The van der Waals surface area contributed by atoms with E-state index in [9.17, 15) is 4.79 Å². The fourth-order valence-corrected chi connectivity index (χ4v) is 2.19. The van der Waals surface area contributed by atoms with Gasteiger partial charge in [0.15, 0.2) is 5.78 Å². The van der Waals surface area contributed by atoms with Crippen LogP contribution in [0.1, 0.15) is 12.8 Å². The van der Waals surface area contributed by atoms with Crippen molar-refractivity contribution in [3.05, 3.63) is 36.5 Å². The van der Waals surface area contributed by atoms with Crippen LogP contribution in [0.2, 0.25) is 0 Å². The highest BCUT2D eigenvalue weighted by Crippen LogP contribution is 2.37. The molecule has 2 aliphatic rings. The number of hydrogen-bond donors (Lipinski definition) is 0. The standard InChI is InChI=1S/C12H14O2/c1-9-7-10-5-3-4-6-12(8-9,14-2)11(10)13/h3-6,10H,1,7-8H2,2H3/t10-,12-/m1/s1. The van der Waals surface area contributed by atoms with Gasteiger partial charge in [-0.15, -0.1) is 0 Å². The van der Waals surface area contributed by atoms with Gasteiger partial charge in [-0.25, -0.2) is 0 Å². The van der Waals surface area contributed by atoms with E-state index in [1.54, 1.807) is 7.11 Å². The van der Waals surface area contributed by atoms with E-state index in [0.717, 1.165) is 12.0 Å². The van der Waals surface area contributed by atoms with E-state index in [-0.39, 0.29) is 11.7 Å². The molecular formula is C12H14O2. The van der Waals surface area contributed by atoms with Gasteiger partial charge < -0.3 is 4.74 Å². The number of carbonyl (C=O) groups excluding carboxylic acids is 1. The second-order valence-corrected chi connectivity index (χ2v) is 3.94. The van der Waals surface area contributed by atoms with Crippen molar-refractivity contribution < 1.29 is 9.53 Å².